The van der Waals surface area contributed by atoms with Gasteiger partial charge in [0.25, 0.3) is 11.5 Å². The Kier molecular flexibility index (Phi) is 5.68. The molecule has 22 heavy (non-hydrogen) atoms. The van der Waals surface area contributed by atoms with Crippen molar-refractivity contribution in [3.63, 3.8) is 0 Å². The number of fused-ring (bicyclic) bond motifs is 1. The Morgan fingerprint density at radius 1 is 1.41 bits per heavy atom. The number of amides is 1. The van der Waals surface area contributed by atoms with E-state index < -0.39 is 0 Å². The van der Waals surface area contributed by atoms with E-state index in [2.05, 4.69) is 26.2 Å². The van der Waals surface area contributed by atoms with Gasteiger partial charge in [0.05, 0.1) is 6.54 Å². The van der Waals surface area contributed by atoms with Crippen molar-refractivity contribution in [3.8, 4) is 0 Å². The lowest BCUT2D eigenvalue weighted by molar-refractivity contribution is -0.904. The molecule has 1 unspecified atom stereocenters. The van der Waals surface area contributed by atoms with E-state index in [1.807, 2.05) is 19.9 Å². The highest BCUT2D eigenvalue weighted by Gasteiger charge is 2.14. The van der Waals surface area contributed by atoms with Crippen LogP contribution in [0.4, 0.5) is 0 Å². The summed E-state index contributed by atoms with van der Waals surface area (Å²) in [5.74, 6) is 0.0146. The zero-order valence-electron chi connectivity index (χ0n) is 12.7. The topological polar surface area (TPSA) is 67.9 Å². The molecule has 0 aliphatic heterocycles. The number of hydrogen-bond acceptors (Lipinski definition) is 3. The molecule has 0 saturated carbocycles. The summed E-state index contributed by atoms with van der Waals surface area (Å²) in [5.41, 5.74) is 1.20. The van der Waals surface area contributed by atoms with Gasteiger partial charge in [0, 0.05) is 23.3 Å². The molecule has 0 aromatic carbocycles. The number of aromatic nitrogens is 2. The lowest BCUT2D eigenvalue weighted by Crippen LogP contribution is -3.11. The van der Waals surface area contributed by atoms with Crippen molar-refractivity contribution >= 4 is 27.5 Å². The van der Waals surface area contributed by atoms with Crippen LogP contribution >= 0.6 is 15.9 Å². The summed E-state index contributed by atoms with van der Waals surface area (Å²) in [4.78, 5) is 29.4. The number of quaternary nitrogens is 1. The number of nitrogens with zero attached hydrogens (tertiary/aromatic N) is 2. The molecule has 0 bridgehead atoms. The maximum absolute atomic E-state index is 12.2. The molecule has 6 nitrogen and oxygen atoms in total. The fraction of sp³-hybridized carbons (Fsp3) is 0.400. The van der Waals surface area contributed by atoms with E-state index >= 15 is 0 Å². The Hall–Kier alpha value is -1.73. The molecule has 1 amide bonds. The van der Waals surface area contributed by atoms with Crippen LogP contribution in [0.25, 0.3) is 5.65 Å². The van der Waals surface area contributed by atoms with Gasteiger partial charge in [0.1, 0.15) is 17.9 Å². The van der Waals surface area contributed by atoms with Crippen molar-refractivity contribution in [2.45, 2.75) is 20.4 Å². The molecule has 2 aromatic heterocycles. The number of hydrogen-bond donors (Lipinski definition) is 2. The zero-order chi connectivity index (χ0) is 16.1. The lowest BCUT2D eigenvalue weighted by Gasteiger charge is -2.16. The van der Waals surface area contributed by atoms with Crippen molar-refractivity contribution in [2.75, 3.05) is 19.6 Å². The highest BCUT2D eigenvalue weighted by Crippen LogP contribution is 2.09. The van der Waals surface area contributed by atoms with Gasteiger partial charge in [-0.1, -0.05) is 0 Å². The summed E-state index contributed by atoms with van der Waals surface area (Å²) in [6.45, 7) is 6.26. The van der Waals surface area contributed by atoms with Gasteiger partial charge < -0.3 is 10.2 Å². The van der Waals surface area contributed by atoms with Crippen molar-refractivity contribution in [3.05, 3.63) is 44.9 Å². The summed E-state index contributed by atoms with van der Waals surface area (Å²) in [7, 11) is 0. The molecule has 118 valence electrons. The molecule has 0 saturated heterocycles. The SMILES string of the molecule is CCNC(=O)C[NH+](CC)Cc1cc(=O)n2cc(Br)ccc2n1. The second-order valence-electron chi connectivity index (χ2n) is 5.07. The van der Waals surface area contributed by atoms with E-state index in [0.717, 1.165) is 15.9 Å². The van der Waals surface area contributed by atoms with Crippen molar-refractivity contribution in [1.29, 1.82) is 0 Å². The number of nitrogens with one attached hydrogen (secondary N) is 2. The molecule has 0 aliphatic carbocycles. The van der Waals surface area contributed by atoms with Crippen LogP contribution in [0.5, 0.6) is 0 Å². The maximum Gasteiger partial charge on any atom is 0.275 e. The second-order valence-corrected chi connectivity index (χ2v) is 5.99. The number of likely N-dealkylation sites (N-methyl/N-ethyl adjacent to an activating group) is 2. The maximum atomic E-state index is 12.2. The van der Waals surface area contributed by atoms with E-state index in [9.17, 15) is 9.59 Å². The molecular formula is C15H20BrN4O2+. The Morgan fingerprint density at radius 3 is 2.86 bits per heavy atom. The minimum absolute atomic E-state index is 0.0146. The number of rotatable bonds is 6. The standard InChI is InChI=1S/C15H19BrN4O2/c1-3-17-14(21)10-19(4-2)9-12-7-15(22)20-8-11(16)5-6-13(20)18-12/h5-8H,3-4,9-10H2,1-2H3,(H,17,21)/p+1. The predicted octanol–water partition coefficient (Wildman–Crippen LogP) is -0.00210. The van der Waals surface area contributed by atoms with Gasteiger partial charge in [-0.2, -0.15) is 0 Å². The quantitative estimate of drug-likeness (QED) is 0.754. The average Bonchev–Trinajstić information content (AvgIpc) is 2.47. The van der Waals surface area contributed by atoms with Crippen LogP contribution in [0.1, 0.15) is 19.5 Å². The molecule has 0 fully saturated rings. The first-order chi connectivity index (χ1) is 10.5. The smallest absolute Gasteiger partial charge is 0.275 e. The fourth-order valence-corrected chi connectivity index (χ4v) is 2.61. The Bertz CT molecular complexity index is 729. The van der Waals surface area contributed by atoms with Gasteiger partial charge in [-0.25, -0.2) is 4.98 Å². The minimum Gasteiger partial charge on any atom is -0.351 e. The number of carbonyl (C=O) groups excluding carboxylic acids is 1. The van der Waals surface area contributed by atoms with E-state index in [1.54, 1.807) is 12.3 Å². The van der Waals surface area contributed by atoms with Crippen LogP contribution in [0, 0.1) is 0 Å². The van der Waals surface area contributed by atoms with Crippen molar-refractivity contribution < 1.29 is 9.69 Å². The third-order valence-corrected chi connectivity index (χ3v) is 3.86. The summed E-state index contributed by atoms with van der Waals surface area (Å²) in [5, 5.41) is 2.79. The van der Waals surface area contributed by atoms with Crippen LogP contribution in [0.15, 0.2) is 33.7 Å². The third kappa shape index (κ3) is 4.14. The van der Waals surface area contributed by atoms with Gasteiger partial charge in [-0.3, -0.25) is 14.0 Å². The number of carbonyl (C=O) groups is 1. The van der Waals surface area contributed by atoms with Gasteiger partial charge in [-0.15, -0.1) is 0 Å². The Morgan fingerprint density at radius 2 is 2.18 bits per heavy atom. The largest absolute Gasteiger partial charge is 0.351 e. The molecule has 0 radical (unpaired) electrons. The van der Waals surface area contributed by atoms with Crippen LogP contribution in [0.3, 0.4) is 0 Å². The highest BCUT2D eigenvalue weighted by atomic mass is 79.9. The summed E-state index contributed by atoms with van der Waals surface area (Å²) >= 11 is 3.34. The zero-order valence-corrected chi connectivity index (χ0v) is 14.3. The van der Waals surface area contributed by atoms with Gasteiger partial charge in [0.2, 0.25) is 0 Å². The first-order valence-electron chi connectivity index (χ1n) is 7.31. The van der Waals surface area contributed by atoms with Crippen LogP contribution < -0.4 is 15.8 Å². The minimum atomic E-state index is -0.116. The summed E-state index contributed by atoms with van der Waals surface area (Å²) < 4.78 is 2.33. The molecule has 2 heterocycles. The van der Waals surface area contributed by atoms with Gasteiger partial charge in [0.15, 0.2) is 6.54 Å². The first-order valence-corrected chi connectivity index (χ1v) is 8.11. The normalized spacial score (nSPS) is 12.3. The molecule has 2 aromatic rings. The van der Waals surface area contributed by atoms with E-state index in [1.165, 1.54) is 10.5 Å². The fourth-order valence-electron chi connectivity index (χ4n) is 2.27. The molecular weight excluding hydrogens is 348 g/mol. The van der Waals surface area contributed by atoms with Crippen molar-refractivity contribution in [1.82, 2.24) is 14.7 Å². The van der Waals surface area contributed by atoms with Crippen molar-refractivity contribution in [2.24, 2.45) is 0 Å². The summed E-state index contributed by atoms with van der Waals surface area (Å²) in [6, 6.07) is 5.18. The molecule has 2 rings (SSSR count). The van der Waals surface area contributed by atoms with E-state index in [0.29, 0.717) is 31.0 Å². The first kappa shape index (κ1) is 16.6. The molecule has 2 N–H and O–H groups in total. The number of halogens is 1. The number of pyridine rings is 1. The summed E-state index contributed by atoms with van der Waals surface area (Å²) in [6.07, 6.45) is 1.70. The van der Waals surface area contributed by atoms with E-state index in [4.69, 9.17) is 0 Å². The van der Waals surface area contributed by atoms with Crippen LogP contribution in [-0.2, 0) is 11.3 Å². The van der Waals surface area contributed by atoms with E-state index in [-0.39, 0.29) is 11.5 Å². The highest BCUT2D eigenvalue weighted by molar-refractivity contribution is 9.10. The van der Waals surface area contributed by atoms with Crippen LogP contribution in [0.2, 0.25) is 0 Å². The molecule has 0 aliphatic rings. The Balaban J connectivity index is 2.21. The monoisotopic (exact) mass is 367 g/mol. The Labute approximate surface area is 137 Å². The molecule has 0 spiro atoms. The molecule has 7 heteroatoms. The second kappa shape index (κ2) is 7.51. The van der Waals surface area contributed by atoms with Gasteiger partial charge >= 0.3 is 0 Å². The lowest BCUT2D eigenvalue weighted by atomic mass is 10.3. The third-order valence-electron chi connectivity index (χ3n) is 3.39. The average molecular weight is 368 g/mol. The molecule has 1 atom stereocenters. The predicted molar refractivity (Wildman–Crippen MR) is 87.9 cm³/mol. The van der Waals surface area contributed by atoms with Gasteiger partial charge in [-0.05, 0) is 41.9 Å². The van der Waals surface area contributed by atoms with Crippen LogP contribution in [-0.4, -0.2) is 34.9 Å².